The summed E-state index contributed by atoms with van der Waals surface area (Å²) in [4.78, 5) is 24.4. The average molecular weight is 405 g/mol. The molecule has 5 nitrogen and oxygen atoms in total. The Morgan fingerprint density at radius 1 is 0.933 bits per heavy atom. The fourth-order valence-electron chi connectivity index (χ4n) is 6.30. The lowest BCUT2D eigenvalue weighted by atomic mass is 9.66. The molecule has 2 saturated carbocycles. The van der Waals surface area contributed by atoms with Crippen LogP contribution in [0.25, 0.3) is 0 Å². The molecule has 2 bridgehead atoms. The Morgan fingerprint density at radius 3 is 2.33 bits per heavy atom. The highest BCUT2D eigenvalue weighted by Crippen LogP contribution is 2.64. The number of ether oxygens (including phenoxy) is 2. The van der Waals surface area contributed by atoms with Crippen molar-refractivity contribution in [3.8, 4) is 0 Å². The molecule has 0 radical (unpaired) electrons. The van der Waals surface area contributed by atoms with Crippen molar-refractivity contribution in [2.24, 2.45) is 17.8 Å². The fourth-order valence-corrected chi connectivity index (χ4v) is 6.30. The Balaban J connectivity index is 1.62. The fraction of sp³-hybridized carbons (Fsp3) is 0.440. The topological polar surface area (TPSA) is 64.6 Å². The van der Waals surface area contributed by atoms with E-state index in [1.54, 1.807) is 0 Å². The molecule has 0 saturated heterocycles. The van der Waals surface area contributed by atoms with E-state index in [1.165, 1.54) is 39.0 Å². The largest absolute Gasteiger partial charge is 0.465 e. The van der Waals surface area contributed by atoms with Gasteiger partial charge < -0.3 is 14.8 Å². The standard InChI is InChI=1S/C25H27NO4/c1-13-4-11-18(25(28)30-3)21-19-16-9-10-17(12-16)20(19)23(26-22(13)21)14-5-7-15(8-6-14)24(27)29-2/h4-8,11,16-17,19-20,23,26H,9-10,12H2,1-3H3/t16-,17-,19+,20+,23-/m0/s1. The lowest BCUT2D eigenvalue weighted by Gasteiger charge is -2.44. The third-order valence-corrected chi connectivity index (χ3v) is 7.55. The monoisotopic (exact) mass is 405 g/mol. The Kier molecular flexibility index (Phi) is 4.57. The van der Waals surface area contributed by atoms with Crippen molar-refractivity contribution in [3.05, 3.63) is 64.2 Å². The van der Waals surface area contributed by atoms with Gasteiger partial charge in [-0.25, -0.2) is 9.59 Å². The van der Waals surface area contributed by atoms with Crippen molar-refractivity contribution in [2.45, 2.75) is 38.1 Å². The zero-order valence-corrected chi connectivity index (χ0v) is 17.6. The number of methoxy groups -OCH3 is 2. The maximum atomic E-state index is 12.6. The number of aryl methyl sites for hydroxylation is 1. The molecular weight excluding hydrogens is 378 g/mol. The summed E-state index contributed by atoms with van der Waals surface area (Å²) in [6, 6.07) is 11.9. The van der Waals surface area contributed by atoms with Crippen molar-refractivity contribution in [1.29, 1.82) is 0 Å². The molecule has 1 N–H and O–H groups in total. The van der Waals surface area contributed by atoms with Crippen LogP contribution in [0.5, 0.6) is 0 Å². The van der Waals surface area contributed by atoms with Crippen LogP contribution in [0.4, 0.5) is 5.69 Å². The Labute approximate surface area is 176 Å². The van der Waals surface area contributed by atoms with Crippen LogP contribution in [0, 0.1) is 24.7 Å². The summed E-state index contributed by atoms with van der Waals surface area (Å²) in [5, 5.41) is 3.80. The molecular formula is C25H27NO4. The van der Waals surface area contributed by atoms with Crippen LogP contribution in [0.1, 0.15) is 68.6 Å². The molecule has 5 atom stereocenters. The molecule has 2 aromatic rings. The second-order valence-electron chi connectivity index (χ2n) is 8.88. The molecule has 156 valence electrons. The molecule has 5 rings (SSSR count). The van der Waals surface area contributed by atoms with Crippen LogP contribution in [-0.4, -0.2) is 26.2 Å². The molecule has 3 aliphatic rings. The van der Waals surface area contributed by atoms with Gasteiger partial charge in [0.05, 0.1) is 31.4 Å². The van der Waals surface area contributed by atoms with Gasteiger partial charge >= 0.3 is 11.9 Å². The first-order chi connectivity index (χ1) is 14.5. The maximum absolute atomic E-state index is 12.6. The van der Waals surface area contributed by atoms with Crippen LogP contribution in [0.3, 0.4) is 0 Å². The first-order valence-electron chi connectivity index (χ1n) is 10.7. The number of carbonyl (C=O) groups is 2. The van der Waals surface area contributed by atoms with Gasteiger partial charge in [-0.3, -0.25) is 0 Å². The lowest BCUT2D eigenvalue weighted by Crippen LogP contribution is -2.37. The van der Waals surface area contributed by atoms with E-state index in [1.807, 2.05) is 36.4 Å². The van der Waals surface area contributed by atoms with E-state index >= 15 is 0 Å². The van der Waals surface area contributed by atoms with E-state index in [4.69, 9.17) is 9.47 Å². The minimum Gasteiger partial charge on any atom is -0.465 e. The van der Waals surface area contributed by atoms with Gasteiger partial charge in [0, 0.05) is 5.69 Å². The smallest absolute Gasteiger partial charge is 0.338 e. The van der Waals surface area contributed by atoms with Crippen molar-refractivity contribution in [2.75, 3.05) is 19.5 Å². The normalized spacial score (nSPS) is 28.3. The molecule has 0 amide bonds. The zero-order chi connectivity index (χ0) is 21.0. The van der Waals surface area contributed by atoms with E-state index in [2.05, 4.69) is 12.2 Å². The van der Waals surface area contributed by atoms with E-state index in [0.29, 0.717) is 34.8 Å². The third-order valence-electron chi connectivity index (χ3n) is 7.55. The minimum absolute atomic E-state index is 0.163. The van der Waals surface area contributed by atoms with Gasteiger partial charge in [0.25, 0.3) is 0 Å². The molecule has 1 aliphatic heterocycles. The lowest BCUT2D eigenvalue weighted by molar-refractivity contribution is 0.0590. The van der Waals surface area contributed by atoms with Crippen LogP contribution >= 0.6 is 0 Å². The summed E-state index contributed by atoms with van der Waals surface area (Å²) in [7, 11) is 2.85. The third kappa shape index (κ3) is 2.75. The summed E-state index contributed by atoms with van der Waals surface area (Å²) < 4.78 is 9.96. The van der Waals surface area contributed by atoms with Crippen LogP contribution < -0.4 is 5.32 Å². The second kappa shape index (κ2) is 7.15. The van der Waals surface area contributed by atoms with Gasteiger partial charge in [-0.15, -0.1) is 0 Å². The zero-order valence-electron chi connectivity index (χ0n) is 17.6. The number of anilines is 1. The Bertz CT molecular complexity index is 1010. The molecule has 2 aromatic carbocycles. The summed E-state index contributed by atoms with van der Waals surface area (Å²) in [6.07, 6.45) is 3.70. The van der Waals surface area contributed by atoms with Gasteiger partial charge in [-0.2, -0.15) is 0 Å². The molecule has 0 aromatic heterocycles. The predicted molar refractivity (Wildman–Crippen MR) is 114 cm³/mol. The van der Waals surface area contributed by atoms with Gasteiger partial charge in [-0.05, 0) is 84.7 Å². The van der Waals surface area contributed by atoms with Crippen LogP contribution in [-0.2, 0) is 9.47 Å². The number of rotatable bonds is 3. The van der Waals surface area contributed by atoms with Gasteiger partial charge in [0.1, 0.15) is 0 Å². The summed E-state index contributed by atoms with van der Waals surface area (Å²) >= 11 is 0. The summed E-state index contributed by atoms with van der Waals surface area (Å²) in [5.74, 6) is 1.49. The van der Waals surface area contributed by atoms with Crippen molar-refractivity contribution >= 4 is 17.6 Å². The molecule has 30 heavy (non-hydrogen) atoms. The minimum atomic E-state index is -0.320. The molecule has 2 fully saturated rings. The summed E-state index contributed by atoms with van der Waals surface area (Å²) in [6.45, 7) is 2.10. The van der Waals surface area contributed by atoms with Crippen LogP contribution in [0.15, 0.2) is 36.4 Å². The number of hydrogen-bond acceptors (Lipinski definition) is 5. The van der Waals surface area contributed by atoms with Crippen molar-refractivity contribution in [1.82, 2.24) is 0 Å². The van der Waals surface area contributed by atoms with E-state index in [9.17, 15) is 9.59 Å². The van der Waals surface area contributed by atoms with E-state index < -0.39 is 0 Å². The highest BCUT2D eigenvalue weighted by molar-refractivity contribution is 5.94. The molecule has 0 unspecified atom stereocenters. The van der Waals surface area contributed by atoms with Gasteiger partial charge in [-0.1, -0.05) is 18.2 Å². The number of fused-ring (bicyclic) bond motifs is 7. The SMILES string of the molecule is COC(=O)c1ccc([C@@H]2Nc3c(C)ccc(C(=O)OC)c3[C@@H]3[C@H]4CC[C@@H](C4)[C@H]32)cc1. The van der Waals surface area contributed by atoms with Crippen LogP contribution in [0.2, 0.25) is 0 Å². The number of hydrogen-bond donors (Lipinski definition) is 1. The van der Waals surface area contributed by atoms with Crippen molar-refractivity contribution in [3.63, 3.8) is 0 Å². The van der Waals surface area contributed by atoms with Gasteiger partial charge in [0.15, 0.2) is 0 Å². The average Bonchev–Trinajstić information content (AvgIpc) is 3.41. The maximum Gasteiger partial charge on any atom is 0.338 e. The number of nitrogens with one attached hydrogen (secondary N) is 1. The Hall–Kier alpha value is -2.82. The number of carbonyl (C=O) groups excluding carboxylic acids is 2. The first-order valence-corrected chi connectivity index (χ1v) is 10.7. The number of benzene rings is 2. The second-order valence-corrected chi connectivity index (χ2v) is 8.88. The summed E-state index contributed by atoms with van der Waals surface area (Å²) in [5.41, 5.74) is 5.82. The van der Waals surface area contributed by atoms with E-state index in [-0.39, 0.29) is 18.0 Å². The predicted octanol–water partition coefficient (Wildman–Crippen LogP) is 4.86. The molecule has 1 heterocycles. The molecule has 2 aliphatic carbocycles. The molecule has 0 spiro atoms. The highest BCUT2D eigenvalue weighted by atomic mass is 16.5. The van der Waals surface area contributed by atoms with Crippen molar-refractivity contribution < 1.29 is 19.1 Å². The first kappa shape index (κ1) is 19.2. The van der Waals surface area contributed by atoms with E-state index in [0.717, 1.165) is 16.8 Å². The Morgan fingerprint density at radius 2 is 1.63 bits per heavy atom. The quantitative estimate of drug-likeness (QED) is 0.739. The molecule has 5 heteroatoms. The number of esters is 2. The van der Waals surface area contributed by atoms with Gasteiger partial charge in [0.2, 0.25) is 0 Å². The highest BCUT2D eigenvalue weighted by Gasteiger charge is 2.55.